The molecule has 0 saturated carbocycles. The molecule has 0 saturated heterocycles. The van der Waals surface area contributed by atoms with Crippen molar-refractivity contribution in [3.8, 4) is 28.3 Å². The number of aromatic hydroxyl groups is 1. The number of phenols is 1. The summed E-state index contributed by atoms with van der Waals surface area (Å²) in [7, 11) is 2.04. The summed E-state index contributed by atoms with van der Waals surface area (Å²) in [6, 6.07) is 32.8. The first-order valence-electron chi connectivity index (χ1n) is 13.6. The molecule has 1 aliphatic rings. The van der Waals surface area contributed by atoms with Crippen LogP contribution in [0.3, 0.4) is 0 Å². The fourth-order valence-corrected chi connectivity index (χ4v) is 6.63. The summed E-state index contributed by atoms with van der Waals surface area (Å²) in [6.45, 7) is 4.37. The van der Waals surface area contributed by atoms with E-state index in [-0.39, 0.29) is 11.2 Å². The summed E-state index contributed by atoms with van der Waals surface area (Å²) < 4.78 is 0. The van der Waals surface area contributed by atoms with Gasteiger partial charge in [0.1, 0.15) is 16.6 Å². The van der Waals surface area contributed by atoms with Crippen molar-refractivity contribution < 1.29 is 5.11 Å². The molecule has 0 aliphatic heterocycles. The van der Waals surface area contributed by atoms with Gasteiger partial charge in [-0.25, -0.2) is 15.0 Å². The molecule has 1 N–H and O–H groups in total. The minimum absolute atomic E-state index is 0.210. The van der Waals surface area contributed by atoms with E-state index in [4.69, 9.17) is 4.98 Å². The molecule has 3 heterocycles. The number of aromatic nitrogens is 3. The Kier molecular flexibility index (Phi) is 6.02. The summed E-state index contributed by atoms with van der Waals surface area (Å²) in [5.41, 5.74) is 6.64. The van der Waals surface area contributed by atoms with Crippen LogP contribution in [0.25, 0.3) is 33.3 Å². The number of anilines is 2. The van der Waals surface area contributed by atoms with Crippen LogP contribution >= 0.6 is 11.8 Å². The summed E-state index contributed by atoms with van der Waals surface area (Å²) in [5, 5.41) is 13.9. The molecule has 5 nitrogen and oxygen atoms in total. The second-order valence-corrected chi connectivity index (χ2v) is 11.9. The average molecular weight is 553 g/mol. The lowest BCUT2D eigenvalue weighted by Crippen LogP contribution is -2.14. The monoisotopic (exact) mass is 552 g/mol. The Morgan fingerprint density at radius 2 is 1.61 bits per heavy atom. The predicted octanol–water partition coefficient (Wildman–Crippen LogP) is 8.62. The number of benzene rings is 3. The summed E-state index contributed by atoms with van der Waals surface area (Å²) >= 11 is 1.62. The highest BCUT2D eigenvalue weighted by Gasteiger charge is 2.38. The van der Waals surface area contributed by atoms with E-state index >= 15 is 0 Å². The van der Waals surface area contributed by atoms with E-state index in [2.05, 4.69) is 89.4 Å². The quantitative estimate of drug-likeness (QED) is 0.231. The van der Waals surface area contributed by atoms with E-state index in [0.717, 1.165) is 65.8 Å². The first-order chi connectivity index (χ1) is 19.9. The molecular formula is C35H28N4OS. The second-order valence-electron chi connectivity index (χ2n) is 10.8. The van der Waals surface area contributed by atoms with Gasteiger partial charge in [0.2, 0.25) is 0 Å². The first kappa shape index (κ1) is 25.3. The van der Waals surface area contributed by atoms with Crippen molar-refractivity contribution in [2.24, 2.45) is 0 Å². The molecule has 0 amide bonds. The van der Waals surface area contributed by atoms with Gasteiger partial charge < -0.3 is 10.0 Å². The Bertz CT molecular complexity index is 1950. The van der Waals surface area contributed by atoms with Gasteiger partial charge in [-0.3, -0.25) is 0 Å². The van der Waals surface area contributed by atoms with Crippen LogP contribution in [0.1, 0.15) is 25.0 Å². The van der Waals surface area contributed by atoms with Crippen LogP contribution in [0.5, 0.6) is 5.75 Å². The van der Waals surface area contributed by atoms with Crippen molar-refractivity contribution in [3.05, 3.63) is 121 Å². The molecule has 41 heavy (non-hydrogen) atoms. The van der Waals surface area contributed by atoms with Crippen LogP contribution in [-0.2, 0) is 5.41 Å². The third-order valence-electron chi connectivity index (χ3n) is 7.95. The second kappa shape index (κ2) is 9.75. The molecule has 6 aromatic rings. The molecule has 0 unspecified atom stereocenters. The van der Waals surface area contributed by atoms with Crippen LogP contribution in [0, 0.1) is 0 Å². The minimum Gasteiger partial charge on any atom is -0.507 e. The summed E-state index contributed by atoms with van der Waals surface area (Å²) in [4.78, 5) is 17.6. The molecule has 0 fully saturated rings. The molecule has 3 aromatic carbocycles. The van der Waals surface area contributed by atoms with Gasteiger partial charge in [0.15, 0.2) is 0 Å². The summed E-state index contributed by atoms with van der Waals surface area (Å²) in [6.07, 6.45) is 3.70. The largest absolute Gasteiger partial charge is 0.507 e. The Morgan fingerprint density at radius 3 is 2.51 bits per heavy atom. The molecule has 0 spiro atoms. The third-order valence-corrected chi connectivity index (χ3v) is 8.87. The number of pyridine rings is 3. The lowest BCUT2D eigenvalue weighted by Gasteiger charge is -2.21. The van der Waals surface area contributed by atoms with E-state index in [0.29, 0.717) is 0 Å². The van der Waals surface area contributed by atoms with Crippen molar-refractivity contribution in [2.45, 2.75) is 29.2 Å². The highest BCUT2D eigenvalue weighted by molar-refractivity contribution is 7.99. The zero-order valence-electron chi connectivity index (χ0n) is 23.0. The van der Waals surface area contributed by atoms with Crippen LogP contribution in [0.2, 0.25) is 0 Å². The topological polar surface area (TPSA) is 62.1 Å². The van der Waals surface area contributed by atoms with Crippen molar-refractivity contribution >= 4 is 34.0 Å². The highest BCUT2D eigenvalue weighted by atomic mass is 32.2. The fraction of sp³-hybridized carbons (Fsp3) is 0.114. The Labute approximate surface area is 243 Å². The zero-order chi connectivity index (χ0) is 28.1. The molecular weight excluding hydrogens is 524 g/mol. The maximum Gasteiger partial charge on any atom is 0.140 e. The van der Waals surface area contributed by atoms with E-state index in [1.165, 1.54) is 0 Å². The van der Waals surface area contributed by atoms with Crippen molar-refractivity contribution in [3.63, 3.8) is 0 Å². The Hall–Kier alpha value is -4.68. The van der Waals surface area contributed by atoms with Gasteiger partial charge >= 0.3 is 0 Å². The molecule has 200 valence electrons. The number of rotatable bonds is 5. The van der Waals surface area contributed by atoms with Crippen LogP contribution in [0.4, 0.5) is 11.5 Å². The standard InChI is InChI=1S/C35H28N4OS/c1-35(2)27-12-7-13-30(40)32(27)33-28(35)14-15-29(38-33)23-9-6-10-25(20-23)41-31-21-24(17-19-36-31)39(3)34-26-11-5-4-8-22(26)16-18-37-34/h4-21,40H,1-3H3. The van der Waals surface area contributed by atoms with Crippen LogP contribution < -0.4 is 4.90 Å². The van der Waals surface area contributed by atoms with Crippen molar-refractivity contribution in [1.29, 1.82) is 0 Å². The van der Waals surface area contributed by atoms with E-state index < -0.39 is 0 Å². The Balaban J connectivity index is 1.19. The lowest BCUT2D eigenvalue weighted by molar-refractivity contribution is 0.476. The number of hydrogen-bond acceptors (Lipinski definition) is 6. The van der Waals surface area contributed by atoms with Gasteiger partial charge in [-0.2, -0.15) is 0 Å². The normalized spacial score (nSPS) is 13.1. The fourth-order valence-electron chi connectivity index (χ4n) is 5.77. The van der Waals surface area contributed by atoms with Gasteiger partial charge in [-0.05, 0) is 59.0 Å². The van der Waals surface area contributed by atoms with Crippen LogP contribution in [-0.4, -0.2) is 27.1 Å². The number of nitrogens with zero attached hydrogens (tertiary/aromatic N) is 4. The molecule has 7 rings (SSSR count). The van der Waals surface area contributed by atoms with E-state index in [1.807, 2.05) is 49.8 Å². The molecule has 0 atom stereocenters. The zero-order valence-corrected chi connectivity index (χ0v) is 23.9. The molecule has 0 radical (unpaired) electrons. The minimum atomic E-state index is -0.210. The molecule has 1 aliphatic carbocycles. The lowest BCUT2D eigenvalue weighted by atomic mass is 9.83. The maximum atomic E-state index is 10.7. The van der Waals surface area contributed by atoms with E-state index in [9.17, 15) is 5.11 Å². The maximum absolute atomic E-state index is 10.7. The van der Waals surface area contributed by atoms with Crippen LogP contribution in [0.15, 0.2) is 119 Å². The average Bonchev–Trinajstić information content (AvgIpc) is 3.23. The number of fused-ring (bicyclic) bond motifs is 4. The summed E-state index contributed by atoms with van der Waals surface area (Å²) in [5.74, 6) is 1.18. The predicted molar refractivity (Wildman–Crippen MR) is 167 cm³/mol. The van der Waals surface area contributed by atoms with E-state index in [1.54, 1.807) is 17.8 Å². The highest BCUT2D eigenvalue weighted by Crippen LogP contribution is 2.51. The van der Waals surface area contributed by atoms with Gasteiger partial charge in [0.25, 0.3) is 0 Å². The third kappa shape index (κ3) is 4.32. The number of hydrogen-bond donors (Lipinski definition) is 1. The Morgan fingerprint density at radius 1 is 0.780 bits per heavy atom. The molecule has 6 heteroatoms. The van der Waals surface area contributed by atoms with Crippen molar-refractivity contribution in [2.75, 3.05) is 11.9 Å². The molecule has 3 aromatic heterocycles. The van der Waals surface area contributed by atoms with Gasteiger partial charge in [0.05, 0.1) is 11.4 Å². The van der Waals surface area contributed by atoms with Gasteiger partial charge in [-0.1, -0.05) is 80.2 Å². The van der Waals surface area contributed by atoms with Gasteiger partial charge in [-0.15, -0.1) is 0 Å². The first-order valence-corrected chi connectivity index (χ1v) is 14.4. The molecule has 0 bridgehead atoms. The van der Waals surface area contributed by atoms with Crippen molar-refractivity contribution in [1.82, 2.24) is 15.0 Å². The SMILES string of the molecule is CN(c1ccnc(Sc2cccc(-c3ccc4c(n3)-c3c(O)cccc3C4(C)C)c2)c1)c1nccc2ccccc12. The number of phenolic OH excluding ortho intramolecular Hbond substituents is 1. The van der Waals surface area contributed by atoms with Gasteiger partial charge in [0, 0.05) is 52.0 Å². The smallest absolute Gasteiger partial charge is 0.140 e.